The molecule has 4 nitrogen and oxygen atoms in total. The predicted octanol–water partition coefficient (Wildman–Crippen LogP) is 4.41. The number of rotatable bonds is 4. The molecule has 2 fully saturated rings. The summed E-state index contributed by atoms with van der Waals surface area (Å²) in [4.78, 5) is 19.0. The maximum absolute atomic E-state index is 13.1. The molecule has 0 unspecified atom stereocenters. The van der Waals surface area contributed by atoms with E-state index >= 15 is 0 Å². The van der Waals surface area contributed by atoms with E-state index in [9.17, 15) is 22.4 Å². The first-order valence-corrected chi connectivity index (χ1v) is 11.0. The fourth-order valence-corrected chi connectivity index (χ4v) is 4.51. The highest BCUT2D eigenvalue weighted by molar-refractivity contribution is 5.79. The van der Waals surface area contributed by atoms with Gasteiger partial charge in [0.1, 0.15) is 5.82 Å². The lowest BCUT2D eigenvalue weighted by Gasteiger charge is -2.39. The standard InChI is InChI=1S/C24H27F4N3O/c25-21-6-4-18(5-7-21)17-29-10-8-19(9-11-29)23(32)31-14-12-30(13-15-31)22-3-1-2-20(16-22)24(26,27)28/h1-7,16,19H,8-15,17H2. The molecule has 0 aliphatic carbocycles. The number of piperazine rings is 1. The minimum atomic E-state index is -4.36. The topological polar surface area (TPSA) is 26.8 Å². The number of anilines is 1. The summed E-state index contributed by atoms with van der Waals surface area (Å²) < 4.78 is 52.0. The quantitative estimate of drug-likeness (QED) is 0.648. The Hall–Kier alpha value is -2.61. The molecule has 0 atom stereocenters. The van der Waals surface area contributed by atoms with E-state index in [0.29, 0.717) is 31.9 Å². The van der Waals surface area contributed by atoms with Crippen molar-refractivity contribution in [3.63, 3.8) is 0 Å². The second-order valence-electron chi connectivity index (χ2n) is 8.54. The van der Waals surface area contributed by atoms with Crippen LogP contribution in [0.5, 0.6) is 0 Å². The molecule has 2 aliphatic heterocycles. The van der Waals surface area contributed by atoms with Crippen molar-refractivity contribution in [1.29, 1.82) is 0 Å². The van der Waals surface area contributed by atoms with Crippen LogP contribution in [0, 0.1) is 11.7 Å². The molecule has 0 aromatic heterocycles. The van der Waals surface area contributed by atoms with Gasteiger partial charge in [0.15, 0.2) is 0 Å². The number of benzene rings is 2. The summed E-state index contributed by atoms with van der Waals surface area (Å²) in [7, 11) is 0. The van der Waals surface area contributed by atoms with Crippen molar-refractivity contribution >= 4 is 11.6 Å². The van der Waals surface area contributed by atoms with Gasteiger partial charge in [-0.05, 0) is 61.8 Å². The van der Waals surface area contributed by atoms with Gasteiger partial charge in [-0.25, -0.2) is 4.39 Å². The second kappa shape index (κ2) is 9.48. The van der Waals surface area contributed by atoms with Crippen LogP contribution in [0.15, 0.2) is 48.5 Å². The van der Waals surface area contributed by atoms with Crippen LogP contribution in [0.1, 0.15) is 24.0 Å². The van der Waals surface area contributed by atoms with Gasteiger partial charge in [-0.2, -0.15) is 13.2 Å². The molecule has 172 valence electrons. The first kappa shape index (κ1) is 22.6. The number of likely N-dealkylation sites (tertiary alicyclic amines) is 1. The van der Waals surface area contributed by atoms with Crippen molar-refractivity contribution in [3.8, 4) is 0 Å². The molecule has 1 amide bonds. The number of piperidine rings is 1. The fourth-order valence-electron chi connectivity index (χ4n) is 4.51. The van der Waals surface area contributed by atoms with Gasteiger partial charge in [0.2, 0.25) is 5.91 Å². The molecule has 0 bridgehead atoms. The third-order valence-corrected chi connectivity index (χ3v) is 6.39. The normalized spacial score (nSPS) is 18.8. The molecule has 4 rings (SSSR count). The highest BCUT2D eigenvalue weighted by atomic mass is 19.4. The van der Waals surface area contributed by atoms with Crippen LogP contribution < -0.4 is 4.90 Å². The number of hydrogen-bond donors (Lipinski definition) is 0. The Balaban J connectivity index is 1.26. The minimum Gasteiger partial charge on any atom is -0.368 e. The van der Waals surface area contributed by atoms with Crippen molar-refractivity contribution in [3.05, 3.63) is 65.5 Å². The Morgan fingerprint density at radius 1 is 0.906 bits per heavy atom. The van der Waals surface area contributed by atoms with E-state index in [2.05, 4.69) is 4.90 Å². The van der Waals surface area contributed by atoms with Crippen molar-refractivity contribution in [2.75, 3.05) is 44.2 Å². The second-order valence-corrected chi connectivity index (χ2v) is 8.54. The molecule has 0 N–H and O–H groups in total. The highest BCUT2D eigenvalue weighted by Gasteiger charge is 2.32. The fraction of sp³-hybridized carbons (Fsp3) is 0.458. The van der Waals surface area contributed by atoms with E-state index in [1.807, 2.05) is 9.80 Å². The molecule has 0 saturated carbocycles. The van der Waals surface area contributed by atoms with Crippen molar-refractivity contribution in [1.82, 2.24) is 9.80 Å². The Bertz CT molecular complexity index is 916. The van der Waals surface area contributed by atoms with E-state index in [-0.39, 0.29) is 17.6 Å². The SMILES string of the molecule is O=C(C1CCN(Cc2ccc(F)cc2)CC1)N1CCN(c2cccc(C(F)(F)F)c2)CC1. The van der Waals surface area contributed by atoms with Gasteiger partial charge >= 0.3 is 6.18 Å². The molecule has 8 heteroatoms. The zero-order valence-corrected chi connectivity index (χ0v) is 17.8. The monoisotopic (exact) mass is 449 g/mol. The molecule has 0 radical (unpaired) electrons. The van der Waals surface area contributed by atoms with Gasteiger partial charge in [0.25, 0.3) is 0 Å². The number of amides is 1. The third kappa shape index (κ3) is 5.41. The van der Waals surface area contributed by atoms with Crippen molar-refractivity contribution in [2.45, 2.75) is 25.6 Å². The maximum atomic E-state index is 13.1. The molecular weight excluding hydrogens is 422 g/mol. The average Bonchev–Trinajstić information content (AvgIpc) is 2.80. The molecular formula is C24H27F4N3O. The molecule has 2 heterocycles. The number of carbonyl (C=O) groups is 1. The van der Waals surface area contributed by atoms with Crippen LogP contribution in [-0.4, -0.2) is 55.0 Å². The van der Waals surface area contributed by atoms with E-state index in [1.54, 1.807) is 18.2 Å². The zero-order chi connectivity index (χ0) is 22.7. The van der Waals surface area contributed by atoms with Crippen molar-refractivity contribution < 1.29 is 22.4 Å². The summed E-state index contributed by atoms with van der Waals surface area (Å²) in [6.45, 7) is 4.47. The maximum Gasteiger partial charge on any atom is 0.416 e. The summed E-state index contributed by atoms with van der Waals surface area (Å²) in [6.07, 6.45) is -2.79. The van der Waals surface area contributed by atoms with Crippen molar-refractivity contribution in [2.24, 2.45) is 5.92 Å². The zero-order valence-electron chi connectivity index (χ0n) is 17.8. The Morgan fingerprint density at radius 3 is 2.19 bits per heavy atom. The Morgan fingerprint density at radius 2 is 1.56 bits per heavy atom. The number of halogens is 4. The summed E-state index contributed by atoms with van der Waals surface area (Å²) >= 11 is 0. The highest BCUT2D eigenvalue weighted by Crippen LogP contribution is 2.32. The van der Waals surface area contributed by atoms with Gasteiger partial charge in [-0.15, -0.1) is 0 Å². The smallest absolute Gasteiger partial charge is 0.368 e. The molecule has 2 aromatic carbocycles. The van der Waals surface area contributed by atoms with Crippen LogP contribution in [0.25, 0.3) is 0 Å². The van der Waals surface area contributed by atoms with Gasteiger partial charge in [-0.1, -0.05) is 18.2 Å². The van der Waals surface area contributed by atoms with Gasteiger partial charge in [-0.3, -0.25) is 9.69 Å². The first-order chi connectivity index (χ1) is 15.3. The first-order valence-electron chi connectivity index (χ1n) is 11.0. The summed E-state index contributed by atoms with van der Waals surface area (Å²) in [5.41, 5.74) is 0.948. The summed E-state index contributed by atoms with van der Waals surface area (Å²) in [6, 6.07) is 11.9. The lowest BCUT2D eigenvalue weighted by Crippen LogP contribution is -2.51. The molecule has 2 saturated heterocycles. The largest absolute Gasteiger partial charge is 0.416 e. The number of carbonyl (C=O) groups excluding carboxylic acids is 1. The lowest BCUT2D eigenvalue weighted by atomic mass is 9.94. The van der Waals surface area contributed by atoms with E-state index in [4.69, 9.17) is 0 Å². The van der Waals surface area contributed by atoms with Gasteiger partial charge in [0, 0.05) is 44.3 Å². The Labute approximate surface area is 185 Å². The van der Waals surface area contributed by atoms with Crippen LogP contribution >= 0.6 is 0 Å². The molecule has 0 spiro atoms. The minimum absolute atomic E-state index is 0.0143. The number of nitrogens with zero attached hydrogens (tertiary/aromatic N) is 3. The van der Waals surface area contributed by atoms with Gasteiger partial charge < -0.3 is 9.80 Å². The molecule has 32 heavy (non-hydrogen) atoms. The summed E-state index contributed by atoms with van der Waals surface area (Å²) in [5.74, 6) is -0.110. The Kier molecular flexibility index (Phi) is 6.69. The number of alkyl halides is 3. The summed E-state index contributed by atoms with van der Waals surface area (Å²) in [5, 5.41) is 0. The molecule has 2 aliphatic rings. The molecule has 2 aromatic rings. The van der Waals surface area contributed by atoms with Crippen LogP contribution in [0.2, 0.25) is 0 Å². The van der Waals surface area contributed by atoms with E-state index in [0.717, 1.165) is 44.1 Å². The van der Waals surface area contributed by atoms with E-state index in [1.165, 1.54) is 24.3 Å². The lowest BCUT2D eigenvalue weighted by molar-refractivity contribution is -0.138. The van der Waals surface area contributed by atoms with Crippen LogP contribution in [-0.2, 0) is 17.5 Å². The van der Waals surface area contributed by atoms with Crippen LogP contribution in [0.3, 0.4) is 0 Å². The predicted molar refractivity (Wildman–Crippen MR) is 115 cm³/mol. The van der Waals surface area contributed by atoms with Gasteiger partial charge in [0.05, 0.1) is 5.56 Å². The van der Waals surface area contributed by atoms with E-state index < -0.39 is 11.7 Å². The average molecular weight is 449 g/mol. The number of hydrogen-bond acceptors (Lipinski definition) is 3. The third-order valence-electron chi connectivity index (χ3n) is 6.39. The van der Waals surface area contributed by atoms with Crippen LogP contribution in [0.4, 0.5) is 23.2 Å².